The second-order valence-corrected chi connectivity index (χ2v) is 8.35. The minimum atomic E-state index is -4.36. The number of likely N-dealkylation sites (N-methyl/N-ethyl adjacent to an activating group) is 1. The Bertz CT molecular complexity index is 910. The zero-order chi connectivity index (χ0) is 22.7. The van der Waals surface area contributed by atoms with E-state index in [1.54, 1.807) is 11.9 Å². The van der Waals surface area contributed by atoms with E-state index in [1.807, 2.05) is 24.3 Å². The number of hydrogen-bond donors (Lipinski definition) is 1. The van der Waals surface area contributed by atoms with Crippen molar-refractivity contribution in [2.24, 2.45) is 0 Å². The highest BCUT2D eigenvalue weighted by Gasteiger charge is 2.34. The molecule has 0 aliphatic carbocycles. The molecule has 1 amide bonds. The summed E-state index contributed by atoms with van der Waals surface area (Å²) < 4.78 is 44.2. The highest BCUT2D eigenvalue weighted by atomic mass is 19.4. The molecule has 2 atom stereocenters. The maximum absolute atomic E-state index is 13.2. The maximum Gasteiger partial charge on any atom is 0.416 e. The van der Waals surface area contributed by atoms with Gasteiger partial charge in [0, 0.05) is 49.9 Å². The highest BCUT2D eigenvalue weighted by molar-refractivity contribution is 5.94. The predicted octanol–water partition coefficient (Wildman–Crippen LogP) is 3.76. The molecular formula is C24H28F3N3O2. The van der Waals surface area contributed by atoms with Gasteiger partial charge in [-0.05, 0) is 54.9 Å². The molecule has 0 radical (unpaired) electrons. The highest BCUT2D eigenvalue weighted by Crippen LogP contribution is 2.33. The summed E-state index contributed by atoms with van der Waals surface area (Å²) in [6.07, 6.45) is -3.62. The van der Waals surface area contributed by atoms with Crippen molar-refractivity contribution in [3.05, 3.63) is 65.2 Å². The van der Waals surface area contributed by atoms with Crippen molar-refractivity contribution in [3.8, 4) is 0 Å². The fourth-order valence-corrected chi connectivity index (χ4v) is 4.56. The molecule has 0 saturated carbocycles. The summed E-state index contributed by atoms with van der Waals surface area (Å²) in [6.45, 7) is 4.43. The monoisotopic (exact) mass is 447 g/mol. The predicted molar refractivity (Wildman–Crippen MR) is 117 cm³/mol. The number of rotatable bonds is 4. The number of anilines is 1. The third-order valence-corrected chi connectivity index (χ3v) is 6.42. The second kappa shape index (κ2) is 9.50. The number of carbonyl (C=O) groups excluding carboxylic acids is 1. The Morgan fingerprint density at radius 3 is 2.34 bits per heavy atom. The Labute approximate surface area is 186 Å². The van der Waals surface area contributed by atoms with Gasteiger partial charge in [-0.2, -0.15) is 13.2 Å². The lowest BCUT2D eigenvalue weighted by molar-refractivity contribution is -0.137. The van der Waals surface area contributed by atoms with Gasteiger partial charge in [-0.15, -0.1) is 0 Å². The fourth-order valence-electron chi connectivity index (χ4n) is 4.56. The fraction of sp³-hybridized carbons (Fsp3) is 0.458. The Hall–Kier alpha value is -2.58. The van der Waals surface area contributed by atoms with Crippen molar-refractivity contribution in [2.75, 3.05) is 51.3 Å². The van der Waals surface area contributed by atoms with Crippen LogP contribution in [0.4, 0.5) is 18.9 Å². The minimum absolute atomic E-state index is 0.0763. The van der Waals surface area contributed by atoms with Crippen LogP contribution in [0.3, 0.4) is 0 Å². The van der Waals surface area contributed by atoms with Crippen molar-refractivity contribution in [2.45, 2.75) is 24.6 Å². The van der Waals surface area contributed by atoms with Crippen LogP contribution in [0.1, 0.15) is 33.8 Å². The third-order valence-electron chi connectivity index (χ3n) is 6.42. The topological polar surface area (TPSA) is 44.8 Å². The van der Waals surface area contributed by atoms with Gasteiger partial charge in [0.2, 0.25) is 0 Å². The number of nitrogens with one attached hydrogen (secondary N) is 1. The van der Waals surface area contributed by atoms with Gasteiger partial charge < -0.3 is 19.9 Å². The summed E-state index contributed by atoms with van der Waals surface area (Å²) in [7, 11) is 1.78. The Morgan fingerprint density at radius 1 is 1.06 bits per heavy atom. The van der Waals surface area contributed by atoms with Crippen molar-refractivity contribution in [3.63, 3.8) is 0 Å². The van der Waals surface area contributed by atoms with E-state index in [4.69, 9.17) is 4.74 Å². The molecule has 2 fully saturated rings. The van der Waals surface area contributed by atoms with Crippen LogP contribution in [0.5, 0.6) is 0 Å². The van der Waals surface area contributed by atoms with Crippen LogP contribution >= 0.6 is 0 Å². The molecule has 0 unspecified atom stereocenters. The van der Waals surface area contributed by atoms with Crippen LogP contribution in [-0.2, 0) is 10.9 Å². The zero-order valence-electron chi connectivity index (χ0n) is 18.1. The number of amides is 1. The molecule has 1 N–H and O–H groups in total. The van der Waals surface area contributed by atoms with E-state index in [0.717, 1.165) is 49.4 Å². The molecule has 172 valence electrons. The van der Waals surface area contributed by atoms with Gasteiger partial charge in [-0.3, -0.25) is 4.79 Å². The number of alkyl halides is 3. The van der Waals surface area contributed by atoms with Crippen LogP contribution in [0.2, 0.25) is 0 Å². The molecule has 2 aliphatic heterocycles. The molecule has 4 rings (SSSR count). The van der Waals surface area contributed by atoms with Crippen LogP contribution in [0, 0.1) is 0 Å². The lowest BCUT2D eigenvalue weighted by Gasteiger charge is -2.39. The van der Waals surface area contributed by atoms with Gasteiger partial charge >= 0.3 is 6.18 Å². The minimum Gasteiger partial charge on any atom is -0.378 e. The third kappa shape index (κ3) is 4.91. The zero-order valence-corrected chi connectivity index (χ0v) is 18.1. The summed E-state index contributed by atoms with van der Waals surface area (Å²) in [5.74, 6) is -0.157. The first-order valence-corrected chi connectivity index (χ1v) is 10.9. The van der Waals surface area contributed by atoms with E-state index in [9.17, 15) is 18.0 Å². The number of hydrogen-bond acceptors (Lipinski definition) is 4. The average Bonchev–Trinajstić information content (AvgIpc) is 2.83. The van der Waals surface area contributed by atoms with Crippen molar-refractivity contribution in [1.29, 1.82) is 0 Å². The normalized spacial score (nSPS) is 21.9. The Morgan fingerprint density at radius 2 is 1.72 bits per heavy atom. The second-order valence-electron chi connectivity index (χ2n) is 8.35. The molecule has 5 nitrogen and oxygen atoms in total. The number of nitrogens with zero attached hydrogens (tertiary/aromatic N) is 2. The summed E-state index contributed by atoms with van der Waals surface area (Å²) in [6, 6.07) is 12.8. The van der Waals surface area contributed by atoms with Crippen molar-refractivity contribution >= 4 is 11.6 Å². The molecule has 32 heavy (non-hydrogen) atoms. The molecule has 2 aliphatic rings. The standard InChI is InChI=1S/C24H28F3N3O2/c1-29(23(31)18-4-8-20(9-5-18)30-12-14-32-15-13-30)22-10-11-28-16-21(22)17-2-6-19(7-3-17)24(25,26)27/h2-9,21-22,28H,10-16H2,1H3/t21-,22+/m0/s1. The summed E-state index contributed by atoms with van der Waals surface area (Å²) >= 11 is 0. The lowest BCUT2D eigenvalue weighted by Crippen LogP contribution is -2.49. The molecule has 2 aromatic rings. The van der Waals surface area contributed by atoms with E-state index >= 15 is 0 Å². The first-order valence-electron chi connectivity index (χ1n) is 10.9. The molecule has 2 heterocycles. The van der Waals surface area contributed by atoms with Crippen LogP contribution in [0.25, 0.3) is 0 Å². The van der Waals surface area contributed by atoms with Gasteiger partial charge in [0.1, 0.15) is 0 Å². The first kappa shape index (κ1) is 22.6. The molecule has 0 spiro atoms. The molecule has 0 aromatic heterocycles. The van der Waals surface area contributed by atoms with Crippen LogP contribution in [-0.4, -0.2) is 63.3 Å². The largest absolute Gasteiger partial charge is 0.416 e. The van der Waals surface area contributed by atoms with Crippen molar-refractivity contribution in [1.82, 2.24) is 10.2 Å². The van der Waals surface area contributed by atoms with E-state index in [0.29, 0.717) is 25.3 Å². The average molecular weight is 448 g/mol. The molecule has 8 heteroatoms. The number of morpholine rings is 1. The van der Waals surface area contributed by atoms with E-state index < -0.39 is 11.7 Å². The molecular weight excluding hydrogens is 419 g/mol. The van der Waals surface area contributed by atoms with Gasteiger partial charge in [-0.25, -0.2) is 0 Å². The van der Waals surface area contributed by atoms with E-state index in [2.05, 4.69) is 10.2 Å². The first-order chi connectivity index (χ1) is 15.3. The van der Waals surface area contributed by atoms with Gasteiger partial charge in [-0.1, -0.05) is 12.1 Å². The van der Waals surface area contributed by atoms with Gasteiger partial charge in [0.05, 0.1) is 18.8 Å². The number of benzene rings is 2. The quantitative estimate of drug-likeness (QED) is 0.775. The Kier molecular flexibility index (Phi) is 6.71. The van der Waals surface area contributed by atoms with E-state index in [1.165, 1.54) is 12.1 Å². The summed E-state index contributed by atoms with van der Waals surface area (Å²) in [5, 5.41) is 3.31. The van der Waals surface area contributed by atoms with Gasteiger partial charge in [0.25, 0.3) is 5.91 Å². The number of halogens is 3. The van der Waals surface area contributed by atoms with Crippen molar-refractivity contribution < 1.29 is 22.7 Å². The van der Waals surface area contributed by atoms with Crippen LogP contribution in [0.15, 0.2) is 48.5 Å². The molecule has 2 saturated heterocycles. The molecule has 0 bridgehead atoms. The molecule has 2 aromatic carbocycles. The smallest absolute Gasteiger partial charge is 0.378 e. The lowest BCUT2D eigenvalue weighted by atomic mass is 9.85. The Balaban J connectivity index is 1.48. The number of piperidine rings is 1. The number of ether oxygens (including phenoxy) is 1. The summed E-state index contributed by atoms with van der Waals surface area (Å²) in [4.78, 5) is 17.2. The maximum atomic E-state index is 13.2. The summed E-state index contributed by atoms with van der Waals surface area (Å²) in [5.41, 5.74) is 1.81. The van der Waals surface area contributed by atoms with E-state index in [-0.39, 0.29) is 17.9 Å². The SMILES string of the molecule is CN(C(=O)c1ccc(N2CCOCC2)cc1)[C@@H]1CCNC[C@H]1c1ccc(C(F)(F)F)cc1. The number of carbonyl (C=O) groups is 1. The van der Waals surface area contributed by atoms with Crippen LogP contribution < -0.4 is 10.2 Å². The van der Waals surface area contributed by atoms with Gasteiger partial charge in [0.15, 0.2) is 0 Å².